The first-order chi connectivity index (χ1) is 13.5. The van der Waals surface area contributed by atoms with Gasteiger partial charge in [0.05, 0.1) is 23.3 Å². The average Bonchev–Trinajstić information content (AvgIpc) is 3.17. The zero-order valence-corrected chi connectivity index (χ0v) is 15.3. The van der Waals surface area contributed by atoms with Crippen LogP contribution in [-0.2, 0) is 0 Å². The number of benzene rings is 2. The molecule has 1 heterocycles. The Bertz CT molecular complexity index is 1060. The predicted molar refractivity (Wildman–Crippen MR) is 104 cm³/mol. The number of hydrogen-bond donors (Lipinski definition) is 1. The Morgan fingerprint density at radius 3 is 2.79 bits per heavy atom. The normalized spacial score (nSPS) is 10.8. The predicted octanol–water partition coefficient (Wildman–Crippen LogP) is 4.28. The van der Waals surface area contributed by atoms with Gasteiger partial charge in [-0.25, -0.2) is 5.43 Å². The van der Waals surface area contributed by atoms with Crippen LogP contribution in [0.25, 0.3) is 11.3 Å². The van der Waals surface area contributed by atoms with E-state index < -0.39 is 10.8 Å². The molecule has 0 atom stereocenters. The molecule has 0 bridgehead atoms. The second kappa shape index (κ2) is 8.36. The van der Waals surface area contributed by atoms with Crippen LogP contribution in [0.1, 0.15) is 16.1 Å². The van der Waals surface area contributed by atoms with Gasteiger partial charge in [0.25, 0.3) is 11.6 Å². The van der Waals surface area contributed by atoms with Crippen LogP contribution in [0.3, 0.4) is 0 Å². The molecule has 0 fully saturated rings. The zero-order chi connectivity index (χ0) is 20.1. The number of hydrogen-bond acceptors (Lipinski definition) is 6. The molecular formula is C19H14ClN3O5. The van der Waals surface area contributed by atoms with Crippen LogP contribution in [0, 0.1) is 10.1 Å². The Kier molecular flexibility index (Phi) is 5.71. The molecule has 3 rings (SSSR count). The minimum absolute atomic E-state index is 0.124. The highest BCUT2D eigenvalue weighted by atomic mass is 35.5. The molecule has 9 heteroatoms. The number of nitrogens with one attached hydrogen (secondary N) is 1. The largest absolute Gasteiger partial charge is 0.495 e. The summed E-state index contributed by atoms with van der Waals surface area (Å²) in [6.07, 6.45) is 1.32. The summed E-state index contributed by atoms with van der Waals surface area (Å²) in [5.41, 5.74) is 3.00. The van der Waals surface area contributed by atoms with Gasteiger partial charge in [0.15, 0.2) is 0 Å². The summed E-state index contributed by atoms with van der Waals surface area (Å²) < 4.78 is 10.8. The topological polar surface area (TPSA) is 107 Å². The molecule has 0 spiro atoms. The molecule has 0 aliphatic rings. The highest BCUT2D eigenvalue weighted by Gasteiger charge is 2.11. The fourth-order valence-corrected chi connectivity index (χ4v) is 2.63. The van der Waals surface area contributed by atoms with E-state index in [0.717, 1.165) is 5.56 Å². The van der Waals surface area contributed by atoms with Gasteiger partial charge in [0.2, 0.25) is 0 Å². The lowest BCUT2D eigenvalue weighted by Gasteiger charge is -2.04. The number of ether oxygens (including phenoxy) is 1. The van der Waals surface area contributed by atoms with E-state index in [2.05, 4.69) is 10.5 Å². The van der Waals surface area contributed by atoms with Gasteiger partial charge in [0.1, 0.15) is 17.3 Å². The van der Waals surface area contributed by atoms with Crippen molar-refractivity contribution in [2.75, 3.05) is 7.11 Å². The number of carbonyl (C=O) groups excluding carboxylic acids is 1. The number of non-ortho nitro benzene ring substituents is 1. The van der Waals surface area contributed by atoms with Gasteiger partial charge in [-0.05, 0) is 36.4 Å². The van der Waals surface area contributed by atoms with Crippen molar-refractivity contribution in [3.05, 3.63) is 81.1 Å². The van der Waals surface area contributed by atoms with Gasteiger partial charge >= 0.3 is 0 Å². The number of nitrogens with zero attached hydrogens (tertiary/aromatic N) is 2. The van der Waals surface area contributed by atoms with Gasteiger partial charge in [-0.2, -0.15) is 5.10 Å². The van der Waals surface area contributed by atoms with Crippen LogP contribution < -0.4 is 10.2 Å². The highest BCUT2D eigenvalue weighted by molar-refractivity contribution is 6.32. The molecular weight excluding hydrogens is 386 g/mol. The second-order valence-corrected chi connectivity index (χ2v) is 5.97. The maximum atomic E-state index is 12.0. The number of furan rings is 1. The molecule has 142 valence electrons. The lowest BCUT2D eigenvalue weighted by molar-refractivity contribution is -0.384. The Labute approximate surface area is 164 Å². The monoisotopic (exact) mass is 399 g/mol. The van der Waals surface area contributed by atoms with Crippen LogP contribution in [0.15, 0.2) is 64.1 Å². The third kappa shape index (κ3) is 4.36. The van der Waals surface area contributed by atoms with Gasteiger partial charge in [0, 0.05) is 23.3 Å². The van der Waals surface area contributed by atoms with E-state index in [0.29, 0.717) is 22.3 Å². The van der Waals surface area contributed by atoms with Gasteiger partial charge in [-0.3, -0.25) is 14.9 Å². The first-order valence-corrected chi connectivity index (χ1v) is 8.37. The van der Waals surface area contributed by atoms with E-state index in [1.54, 1.807) is 30.3 Å². The number of amides is 1. The lowest BCUT2D eigenvalue weighted by atomic mass is 10.2. The third-order valence-electron chi connectivity index (χ3n) is 3.74. The lowest BCUT2D eigenvalue weighted by Crippen LogP contribution is -2.17. The van der Waals surface area contributed by atoms with Crippen LogP contribution in [0.5, 0.6) is 5.75 Å². The van der Waals surface area contributed by atoms with Gasteiger partial charge in [-0.1, -0.05) is 17.7 Å². The summed E-state index contributed by atoms with van der Waals surface area (Å²) >= 11 is 6.11. The molecule has 0 aliphatic heterocycles. The van der Waals surface area contributed by atoms with Crippen molar-refractivity contribution in [2.24, 2.45) is 5.10 Å². The fourth-order valence-electron chi connectivity index (χ4n) is 2.38. The van der Waals surface area contributed by atoms with E-state index in [9.17, 15) is 14.9 Å². The van der Waals surface area contributed by atoms with Crippen molar-refractivity contribution in [3.63, 3.8) is 0 Å². The van der Waals surface area contributed by atoms with Crippen LogP contribution in [0.2, 0.25) is 5.02 Å². The highest BCUT2D eigenvalue weighted by Crippen LogP contribution is 2.30. The van der Waals surface area contributed by atoms with E-state index in [1.165, 1.54) is 37.6 Å². The number of carbonyl (C=O) groups is 1. The number of hydrazone groups is 1. The number of rotatable bonds is 6. The maximum Gasteiger partial charge on any atom is 0.271 e. The first kappa shape index (κ1) is 19.1. The average molecular weight is 400 g/mol. The molecule has 0 saturated heterocycles. The summed E-state index contributed by atoms with van der Waals surface area (Å²) in [7, 11) is 1.53. The SMILES string of the molecule is COc1ccc(-c2ccc(/C=N/NC(=O)c3cccc([N+](=O)[O-])c3)o2)cc1Cl. The zero-order valence-electron chi connectivity index (χ0n) is 14.6. The van der Waals surface area contributed by atoms with E-state index in [1.807, 2.05) is 0 Å². The fraction of sp³-hybridized carbons (Fsp3) is 0.0526. The van der Waals surface area contributed by atoms with Crippen molar-refractivity contribution in [2.45, 2.75) is 0 Å². The van der Waals surface area contributed by atoms with Crippen molar-refractivity contribution in [1.82, 2.24) is 5.43 Å². The van der Waals surface area contributed by atoms with Crippen LogP contribution in [0.4, 0.5) is 5.69 Å². The van der Waals surface area contributed by atoms with Gasteiger partial charge in [-0.15, -0.1) is 0 Å². The molecule has 8 nitrogen and oxygen atoms in total. The molecule has 0 saturated carbocycles. The van der Waals surface area contributed by atoms with E-state index in [-0.39, 0.29) is 11.3 Å². The van der Waals surface area contributed by atoms with E-state index in [4.69, 9.17) is 20.8 Å². The Balaban J connectivity index is 1.67. The summed E-state index contributed by atoms with van der Waals surface area (Å²) in [5.74, 6) is 0.952. The maximum absolute atomic E-state index is 12.0. The summed E-state index contributed by atoms with van der Waals surface area (Å²) in [6, 6.07) is 14.0. The molecule has 3 aromatic rings. The molecule has 0 aliphatic carbocycles. The summed E-state index contributed by atoms with van der Waals surface area (Å²) in [5, 5.41) is 15.0. The molecule has 1 amide bonds. The number of halogens is 1. The molecule has 1 aromatic heterocycles. The Morgan fingerprint density at radius 1 is 1.25 bits per heavy atom. The standard InChI is InChI=1S/C19H14ClN3O5/c1-27-18-7-5-12(10-16(18)20)17-8-6-15(28-17)11-21-22-19(24)13-3-2-4-14(9-13)23(25)26/h2-11H,1H3,(H,22,24)/b21-11+. The molecule has 28 heavy (non-hydrogen) atoms. The summed E-state index contributed by atoms with van der Waals surface area (Å²) in [6.45, 7) is 0. The third-order valence-corrected chi connectivity index (χ3v) is 4.04. The number of nitro benzene ring substituents is 1. The van der Waals surface area contributed by atoms with Gasteiger partial charge < -0.3 is 9.15 Å². The molecule has 0 radical (unpaired) electrons. The van der Waals surface area contributed by atoms with Crippen molar-refractivity contribution < 1.29 is 18.9 Å². The van der Waals surface area contributed by atoms with E-state index >= 15 is 0 Å². The molecule has 1 N–H and O–H groups in total. The van der Waals surface area contributed by atoms with Crippen LogP contribution >= 0.6 is 11.6 Å². The smallest absolute Gasteiger partial charge is 0.271 e. The van der Waals surface area contributed by atoms with Crippen molar-refractivity contribution >= 4 is 29.4 Å². The molecule has 0 unspecified atom stereocenters. The first-order valence-electron chi connectivity index (χ1n) is 7.99. The number of methoxy groups -OCH3 is 1. The minimum Gasteiger partial charge on any atom is -0.495 e. The quantitative estimate of drug-likeness (QED) is 0.378. The Morgan fingerprint density at radius 2 is 2.07 bits per heavy atom. The number of nitro groups is 1. The van der Waals surface area contributed by atoms with Crippen molar-refractivity contribution in [3.8, 4) is 17.1 Å². The minimum atomic E-state index is -0.575. The van der Waals surface area contributed by atoms with Crippen LogP contribution in [-0.4, -0.2) is 24.2 Å². The van der Waals surface area contributed by atoms with Crippen molar-refractivity contribution in [1.29, 1.82) is 0 Å². The molecule has 2 aromatic carbocycles. The summed E-state index contributed by atoms with van der Waals surface area (Å²) in [4.78, 5) is 22.2. The second-order valence-electron chi connectivity index (χ2n) is 5.56. The Hall–Kier alpha value is -3.65.